The van der Waals surface area contributed by atoms with Crippen LogP contribution in [0.3, 0.4) is 0 Å². The molecule has 3 aromatic carbocycles. The molecule has 7 rings (SSSR count). The zero-order valence-corrected chi connectivity index (χ0v) is 20.8. The summed E-state index contributed by atoms with van der Waals surface area (Å²) in [6.45, 7) is 2.09. The predicted molar refractivity (Wildman–Crippen MR) is 150 cm³/mol. The molecule has 1 aliphatic carbocycles. The largest absolute Gasteiger partial charge is 0.457 e. The third-order valence-electron chi connectivity index (χ3n) is 7.10. The first-order valence-corrected chi connectivity index (χ1v) is 12.5. The highest BCUT2D eigenvalue weighted by Crippen LogP contribution is 2.37. The molecule has 0 saturated carbocycles. The maximum atomic E-state index is 6.42. The van der Waals surface area contributed by atoms with Gasteiger partial charge in [0.2, 0.25) is 0 Å². The van der Waals surface area contributed by atoms with Crippen LogP contribution in [0.2, 0.25) is 0 Å². The van der Waals surface area contributed by atoms with Crippen molar-refractivity contribution in [1.29, 1.82) is 0 Å². The van der Waals surface area contributed by atoms with Crippen LogP contribution in [-0.2, 0) is 0 Å². The summed E-state index contributed by atoms with van der Waals surface area (Å²) < 4.78 is 8.64. The number of hydrazine groups is 1. The fourth-order valence-corrected chi connectivity index (χ4v) is 5.33. The summed E-state index contributed by atoms with van der Waals surface area (Å²) in [6, 6.07) is 27.1. The van der Waals surface area contributed by atoms with Gasteiger partial charge in [-0.15, -0.1) is 0 Å². The number of pyridine rings is 1. The summed E-state index contributed by atoms with van der Waals surface area (Å²) in [7, 11) is 2.09. The summed E-state index contributed by atoms with van der Waals surface area (Å²) in [5, 5.41) is 6.72. The van der Waals surface area contributed by atoms with Crippen molar-refractivity contribution in [3.8, 4) is 17.3 Å². The number of hydrogen-bond acceptors (Lipinski definition) is 4. The summed E-state index contributed by atoms with van der Waals surface area (Å²) in [5.41, 5.74) is 6.98. The third-order valence-corrected chi connectivity index (χ3v) is 7.10. The van der Waals surface area contributed by atoms with E-state index in [4.69, 9.17) is 4.74 Å². The molecule has 0 bridgehead atoms. The molecule has 0 atom stereocenters. The molecule has 0 fully saturated rings. The van der Waals surface area contributed by atoms with Crippen LogP contribution in [0.5, 0.6) is 11.5 Å². The Balaban J connectivity index is 1.28. The number of aromatic nitrogens is 2. The van der Waals surface area contributed by atoms with Crippen molar-refractivity contribution >= 4 is 27.5 Å². The van der Waals surface area contributed by atoms with Gasteiger partial charge in [-0.1, -0.05) is 36.4 Å². The van der Waals surface area contributed by atoms with E-state index < -0.39 is 0 Å². The number of anilines is 1. The highest BCUT2D eigenvalue weighted by Gasteiger charge is 2.25. The summed E-state index contributed by atoms with van der Waals surface area (Å²) in [5.74, 6) is 2.48. The molecule has 0 amide bonds. The van der Waals surface area contributed by atoms with Gasteiger partial charge in [-0.2, -0.15) is 0 Å². The van der Waals surface area contributed by atoms with Crippen molar-refractivity contribution in [2.75, 3.05) is 12.1 Å². The number of para-hydroxylation sites is 1. The van der Waals surface area contributed by atoms with E-state index in [2.05, 4.69) is 113 Å². The van der Waals surface area contributed by atoms with Crippen LogP contribution >= 0.6 is 0 Å². The van der Waals surface area contributed by atoms with Crippen molar-refractivity contribution in [3.63, 3.8) is 0 Å². The molecule has 0 unspecified atom stereocenters. The first-order chi connectivity index (χ1) is 18.2. The lowest BCUT2D eigenvalue weighted by Gasteiger charge is -2.28. The van der Waals surface area contributed by atoms with E-state index in [1.54, 1.807) is 0 Å². The van der Waals surface area contributed by atoms with Gasteiger partial charge in [0.25, 0.3) is 0 Å². The number of allylic oxidation sites excluding steroid dienone is 4. The van der Waals surface area contributed by atoms with Gasteiger partial charge in [-0.25, -0.2) is 4.98 Å². The topological polar surface area (TPSA) is 33.5 Å². The van der Waals surface area contributed by atoms with Gasteiger partial charge in [-0.05, 0) is 73.0 Å². The maximum absolute atomic E-state index is 6.42. The normalized spacial score (nSPS) is 14.8. The zero-order valence-electron chi connectivity index (χ0n) is 20.8. The lowest BCUT2D eigenvalue weighted by atomic mass is 10.1. The minimum Gasteiger partial charge on any atom is -0.457 e. The van der Waals surface area contributed by atoms with Crippen LogP contribution in [0.15, 0.2) is 121 Å². The molecule has 5 nitrogen and oxygen atoms in total. The summed E-state index contributed by atoms with van der Waals surface area (Å²) >= 11 is 0. The number of nitrogens with zero attached hydrogens (tertiary/aromatic N) is 4. The van der Waals surface area contributed by atoms with Gasteiger partial charge in [-0.3, -0.25) is 14.6 Å². The number of benzene rings is 3. The van der Waals surface area contributed by atoms with E-state index in [-0.39, 0.29) is 0 Å². The van der Waals surface area contributed by atoms with E-state index in [1.807, 2.05) is 30.5 Å². The smallest absolute Gasteiger partial charge is 0.137 e. The van der Waals surface area contributed by atoms with Crippen LogP contribution < -0.4 is 9.75 Å². The number of rotatable bonds is 4. The van der Waals surface area contributed by atoms with Crippen molar-refractivity contribution < 1.29 is 4.74 Å². The molecular weight excluding hydrogens is 456 g/mol. The van der Waals surface area contributed by atoms with Crippen molar-refractivity contribution in [3.05, 3.63) is 126 Å². The number of ether oxygens (including phenoxy) is 1. The first kappa shape index (κ1) is 21.5. The quantitative estimate of drug-likeness (QED) is 0.263. The molecule has 3 heterocycles. The Morgan fingerprint density at radius 1 is 0.838 bits per heavy atom. The minimum atomic E-state index is 0.787. The second-order valence-electron chi connectivity index (χ2n) is 9.53. The lowest BCUT2D eigenvalue weighted by molar-refractivity contribution is 0.449. The number of hydrogen-bond donors (Lipinski definition) is 0. The lowest BCUT2D eigenvalue weighted by Crippen LogP contribution is -2.30. The minimum absolute atomic E-state index is 0.787. The van der Waals surface area contributed by atoms with Crippen molar-refractivity contribution in [2.45, 2.75) is 13.3 Å². The fourth-order valence-electron chi connectivity index (χ4n) is 5.33. The maximum Gasteiger partial charge on any atom is 0.137 e. The molecule has 0 N–H and O–H groups in total. The van der Waals surface area contributed by atoms with E-state index in [1.165, 1.54) is 27.6 Å². The highest BCUT2D eigenvalue weighted by molar-refractivity contribution is 6.09. The van der Waals surface area contributed by atoms with Gasteiger partial charge in [0.15, 0.2) is 0 Å². The predicted octanol–water partition coefficient (Wildman–Crippen LogP) is 7.67. The van der Waals surface area contributed by atoms with Crippen LogP contribution in [0.4, 0.5) is 5.69 Å². The van der Waals surface area contributed by atoms with Gasteiger partial charge < -0.3 is 4.74 Å². The molecule has 5 aromatic rings. The molecule has 1 aliphatic heterocycles. The number of likely N-dealkylation sites (N-methyl/N-ethyl adjacent to an activating group) is 1. The van der Waals surface area contributed by atoms with Crippen LogP contribution in [0.25, 0.3) is 27.6 Å². The molecular formula is C32H26N4O. The van der Waals surface area contributed by atoms with E-state index in [0.29, 0.717) is 0 Å². The Hall–Kier alpha value is -4.77. The molecule has 0 radical (unpaired) electrons. The Morgan fingerprint density at radius 3 is 2.59 bits per heavy atom. The Bertz CT molecular complexity index is 1770. The molecule has 0 spiro atoms. The van der Waals surface area contributed by atoms with Crippen LogP contribution in [-0.4, -0.2) is 21.6 Å². The van der Waals surface area contributed by atoms with Gasteiger partial charge in [0, 0.05) is 42.3 Å². The van der Waals surface area contributed by atoms with E-state index in [9.17, 15) is 0 Å². The van der Waals surface area contributed by atoms with Crippen molar-refractivity contribution in [1.82, 2.24) is 14.6 Å². The highest BCUT2D eigenvalue weighted by atomic mass is 16.5. The van der Waals surface area contributed by atoms with E-state index >= 15 is 0 Å². The summed E-state index contributed by atoms with van der Waals surface area (Å²) in [6.07, 6.45) is 11.5. The molecule has 2 aromatic heterocycles. The average molecular weight is 483 g/mol. The molecule has 0 saturated heterocycles. The fraction of sp³-hybridized carbons (Fsp3) is 0.0938. The second-order valence-corrected chi connectivity index (χ2v) is 9.53. The Labute approximate surface area is 215 Å². The third kappa shape index (κ3) is 3.59. The second kappa shape index (κ2) is 8.42. The van der Waals surface area contributed by atoms with Gasteiger partial charge in [0.1, 0.15) is 17.3 Å². The molecule has 180 valence electrons. The van der Waals surface area contributed by atoms with Crippen LogP contribution in [0, 0.1) is 6.92 Å². The Kier molecular flexibility index (Phi) is 4.89. The van der Waals surface area contributed by atoms with Crippen molar-refractivity contribution in [2.24, 2.45) is 0 Å². The summed E-state index contributed by atoms with van der Waals surface area (Å²) in [4.78, 5) is 4.69. The molecule has 5 heteroatoms. The number of aryl methyl sites for hydroxylation is 1. The van der Waals surface area contributed by atoms with Gasteiger partial charge >= 0.3 is 0 Å². The first-order valence-electron chi connectivity index (χ1n) is 12.5. The average Bonchev–Trinajstić information content (AvgIpc) is 3.43. The zero-order chi connectivity index (χ0) is 24.9. The van der Waals surface area contributed by atoms with Crippen LogP contribution in [0.1, 0.15) is 12.0 Å². The monoisotopic (exact) mass is 482 g/mol. The Morgan fingerprint density at radius 2 is 1.70 bits per heavy atom. The standard InChI is InChI=1S/C32H26N4O/c1-22-16-17-33-32(18-22)36-30-13-6-4-11-27(30)28-15-14-26(20-31(28)36)37-25-10-7-9-24(19-25)35-21-23-8-3-5-12-29(23)34(35)2/h3-7,9-21H,8H2,1-2H3. The number of fused-ring (bicyclic) bond motifs is 4. The molecule has 2 aliphatic rings. The SMILES string of the molecule is Cc1ccnc(-n2c3ccccc3c3ccc(Oc4cccc(N5C=C6CC=CC=C6N5C)c4)cc32)c1. The molecule has 37 heavy (non-hydrogen) atoms. The van der Waals surface area contributed by atoms with Gasteiger partial charge in [0.05, 0.1) is 22.4 Å². The van der Waals surface area contributed by atoms with E-state index in [0.717, 1.165) is 40.5 Å².